The molecule has 2 radical (unpaired) electrons. The largest absolute Gasteiger partial charge is 0.444 e. The normalized spacial score (nSPS) is 18.0. The number of nitrogens with zero attached hydrogens (tertiary/aromatic N) is 2. The number of carbonyl (C=O) groups excluding carboxylic acids is 2. The van der Waals surface area contributed by atoms with Crippen LogP contribution in [0.2, 0.25) is 0 Å². The minimum Gasteiger partial charge on any atom is -0.444 e. The number of Topliss-reactive ketones (excluding diaryl/α,β-unsaturated/α-hetero) is 1. The summed E-state index contributed by atoms with van der Waals surface area (Å²) in [5.74, 6) is -0.337. The van der Waals surface area contributed by atoms with E-state index in [1.54, 1.807) is 4.90 Å². The van der Waals surface area contributed by atoms with Gasteiger partial charge in [0.05, 0.1) is 6.54 Å². The molecule has 1 heterocycles. The van der Waals surface area contributed by atoms with E-state index in [1.807, 2.05) is 25.7 Å². The number of hydrogen-bond acceptors (Lipinski definition) is 4. The molecule has 5 heteroatoms. The van der Waals surface area contributed by atoms with Crippen LogP contribution in [0.25, 0.3) is 0 Å². The third-order valence-corrected chi connectivity index (χ3v) is 2.40. The zero-order valence-corrected chi connectivity index (χ0v) is 10.7. The lowest BCUT2D eigenvalue weighted by molar-refractivity contribution is -0.116. The second-order valence-electron chi connectivity index (χ2n) is 5.21. The number of amides is 1. The van der Waals surface area contributed by atoms with Gasteiger partial charge < -0.3 is 9.64 Å². The summed E-state index contributed by atoms with van der Waals surface area (Å²) in [6.07, 6.45) is -0.295. The summed E-state index contributed by atoms with van der Waals surface area (Å²) < 4.78 is 5.27. The molecule has 96 valence electrons. The first-order valence-corrected chi connectivity index (χ1v) is 5.76. The maximum atomic E-state index is 11.7. The second kappa shape index (κ2) is 5.49. The lowest BCUT2D eigenvalue weighted by Gasteiger charge is -2.35. The van der Waals surface area contributed by atoms with Crippen molar-refractivity contribution in [3.05, 3.63) is 6.92 Å². The molecule has 0 unspecified atom stereocenters. The molecule has 17 heavy (non-hydrogen) atoms. The number of ketones is 1. The highest BCUT2D eigenvalue weighted by molar-refractivity contribution is 5.84. The highest BCUT2D eigenvalue weighted by Crippen LogP contribution is 2.11. The Balaban J connectivity index is 2.36. The maximum Gasteiger partial charge on any atom is 0.410 e. The summed E-state index contributed by atoms with van der Waals surface area (Å²) in [5, 5.41) is 0. The predicted molar refractivity (Wildman–Crippen MR) is 63.6 cm³/mol. The Hall–Kier alpha value is -1.10. The van der Waals surface area contributed by atoms with Gasteiger partial charge in [-0.25, -0.2) is 4.79 Å². The van der Waals surface area contributed by atoms with E-state index >= 15 is 0 Å². The maximum absolute atomic E-state index is 11.7. The average molecular weight is 240 g/mol. The van der Waals surface area contributed by atoms with Crippen LogP contribution in [0.1, 0.15) is 20.8 Å². The predicted octanol–water partition coefficient (Wildman–Crippen LogP) is 0.819. The van der Waals surface area contributed by atoms with Crippen molar-refractivity contribution in [2.75, 3.05) is 32.7 Å². The van der Waals surface area contributed by atoms with Crippen molar-refractivity contribution < 1.29 is 14.3 Å². The second-order valence-corrected chi connectivity index (χ2v) is 5.21. The molecule has 1 aliphatic heterocycles. The summed E-state index contributed by atoms with van der Waals surface area (Å²) in [7, 11) is 0. The van der Waals surface area contributed by atoms with Crippen LogP contribution in [-0.2, 0) is 9.53 Å². The summed E-state index contributed by atoms with van der Waals surface area (Å²) in [5.41, 5.74) is -0.471. The quantitative estimate of drug-likeness (QED) is 0.717. The first-order chi connectivity index (χ1) is 7.78. The van der Waals surface area contributed by atoms with E-state index in [0.717, 1.165) is 0 Å². The first kappa shape index (κ1) is 14.0. The molecule has 1 amide bonds. The number of hydrogen-bond donors (Lipinski definition) is 0. The summed E-state index contributed by atoms with van der Waals surface area (Å²) in [6, 6.07) is 0. The number of piperazine rings is 1. The van der Waals surface area contributed by atoms with Gasteiger partial charge in [-0.15, -0.1) is 0 Å². The lowest BCUT2D eigenvalue weighted by atomic mass is 10.2. The van der Waals surface area contributed by atoms with Crippen LogP contribution in [0.15, 0.2) is 0 Å². The fraction of sp³-hybridized carbons (Fsp3) is 0.750. The molecule has 1 fully saturated rings. The molecule has 0 N–H and O–H groups in total. The van der Waals surface area contributed by atoms with Crippen molar-refractivity contribution in [1.29, 1.82) is 0 Å². The molecule has 0 bridgehead atoms. The summed E-state index contributed by atoms with van der Waals surface area (Å²) >= 11 is 0. The monoisotopic (exact) mass is 240 g/mol. The molecular weight excluding hydrogens is 220 g/mol. The van der Waals surface area contributed by atoms with Crippen molar-refractivity contribution in [3.63, 3.8) is 0 Å². The molecule has 5 nitrogen and oxygen atoms in total. The summed E-state index contributed by atoms with van der Waals surface area (Å²) in [6.45, 7) is 13.3. The van der Waals surface area contributed by atoms with E-state index < -0.39 is 5.60 Å². The summed E-state index contributed by atoms with van der Waals surface area (Å²) in [4.78, 5) is 26.1. The molecule has 1 aliphatic rings. The minimum atomic E-state index is -0.471. The molecule has 1 rings (SSSR count). The van der Waals surface area contributed by atoms with Gasteiger partial charge >= 0.3 is 6.09 Å². The average Bonchev–Trinajstić information content (AvgIpc) is 2.15. The van der Waals surface area contributed by atoms with E-state index in [2.05, 4.69) is 0 Å². The fourth-order valence-corrected chi connectivity index (χ4v) is 1.64. The molecule has 0 saturated carbocycles. The van der Waals surface area contributed by atoms with Gasteiger partial charge in [0.15, 0.2) is 5.78 Å². The Morgan fingerprint density at radius 3 is 2.12 bits per heavy atom. The molecule has 0 spiro atoms. The Kier molecular flexibility index (Phi) is 4.51. The van der Waals surface area contributed by atoms with Crippen LogP contribution < -0.4 is 0 Å². The van der Waals surface area contributed by atoms with Crippen molar-refractivity contribution in [3.8, 4) is 0 Å². The Labute approximate surface area is 103 Å². The van der Waals surface area contributed by atoms with Crippen LogP contribution >= 0.6 is 0 Å². The fourth-order valence-electron chi connectivity index (χ4n) is 1.64. The molecule has 0 aromatic heterocycles. The SMILES string of the molecule is [CH]C(=O)CN1CCN(C(=O)OC(C)(C)C)CC1. The Bertz CT molecular complexity index is 289. The minimum absolute atomic E-state index is 0.252. The van der Waals surface area contributed by atoms with Crippen LogP contribution in [0.3, 0.4) is 0 Å². The number of carbonyl (C=O) groups is 2. The Morgan fingerprint density at radius 2 is 1.71 bits per heavy atom. The van der Waals surface area contributed by atoms with Crippen LogP contribution in [0.5, 0.6) is 0 Å². The number of rotatable bonds is 2. The van der Waals surface area contributed by atoms with Crippen molar-refractivity contribution in [1.82, 2.24) is 9.80 Å². The first-order valence-electron chi connectivity index (χ1n) is 5.76. The van der Waals surface area contributed by atoms with E-state index in [4.69, 9.17) is 11.7 Å². The molecule has 0 atom stereocenters. The zero-order chi connectivity index (χ0) is 13.1. The van der Waals surface area contributed by atoms with Gasteiger partial charge in [0, 0.05) is 33.1 Å². The lowest BCUT2D eigenvalue weighted by Crippen LogP contribution is -2.50. The van der Waals surface area contributed by atoms with Crippen molar-refractivity contribution >= 4 is 11.9 Å². The molecule has 1 saturated heterocycles. The van der Waals surface area contributed by atoms with Crippen molar-refractivity contribution in [2.24, 2.45) is 0 Å². The third kappa shape index (κ3) is 5.17. The van der Waals surface area contributed by atoms with Gasteiger partial charge in [-0.1, -0.05) is 0 Å². The number of ether oxygens (including phenoxy) is 1. The van der Waals surface area contributed by atoms with Gasteiger partial charge in [0.2, 0.25) is 0 Å². The Morgan fingerprint density at radius 1 is 1.18 bits per heavy atom. The van der Waals surface area contributed by atoms with Gasteiger partial charge in [-0.3, -0.25) is 9.69 Å². The standard InChI is InChI=1S/C12H20N2O3/c1-10(15)9-13-5-7-14(8-6-13)11(16)17-12(2,3)4/h1H,5-9H2,2-4H3. The topological polar surface area (TPSA) is 49.9 Å². The molecule has 0 aliphatic carbocycles. The van der Waals surface area contributed by atoms with E-state index in [-0.39, 0.29) is 18.4 Å². The van der Waals surface area contributed by atoms with Crippen LogP contribution in [0.4, 0.5) is 4.79 Å². The molecule has 0 aromatic carbocycles. The van der Waals surface area contributed by atoms with E-state index in [1.165, 1.54) is 0 Å². The molecule has 0 aromatic rings. The highest BCUT2D eigenvalue weighted by Gasteiger charge is 2.25. The van der Waals surface area contributed by atoms with Gasteiger partial charge in [0.25, 0.3) is 0 Å². The van der Waals surface area contributed by atoms with E-state index in [9.17, 15) is 9.59 Å². The van der Waals surface area contributed by atoms with Crippen LogP contribution in [0, 0.1) is 6.92 Å². The van der Waals surface area contributed by atoms with Gasteiger partial charge in [0.1, 0.15) is 5.60 Å². The smallest absolute Gasteiger partial charge is 0.410 e. The molecular formula is C12H20N2O3. The zero-order valence-electron chi connectivity index (χ0n) is 10.7. The van der Waals surface area contributed by atoms with Crippen LogP contribution in [-0.4, -0.2) is 60.0 Å². The van der Waals surface area contributed by atoms with Gasteiger partial charge in [-0.2, -0.15) is 0 Å². The van der Waals surface area contributed by atoms with Crippen molar-refractivity contribution in [2.45, 2.75) is 26.4 Å². The van der Waals surface area contributed by atoms with E-state index in [0.29, 0.717) is 26.2 Å². The highest BCUT2D eigenvalue weighted by atomic mass is 16.6. The van der Waals surface area contributed by atoms with Gasteiger partial charge in [-0.05, 0) is 20.8 Å². The third-order valence-electron chi connectivity index (χ3n) is 2.40.